The average molecular weight is 410 g/mol. The van der Waals surface area contributed by atoms with Gasteiger partial charge in [-0.25, -0.2) is 0 Å². The Bertz CT molecular complexity index is 884. The summed E-state index contributed by atoms with van der Waals surface area (Å²) in [5.41, 5.74) is 1.84. The molecule has 0 bridgehead atoms. The lowest BCUT2D eigenvalue weighted by molar-refractivity contribution is -0.148. The van der Waals surface area contributed by atoms with E-state index in [9.17, 15) is 14.4 Å². The van der Waals surface area contributed by atoms with Gasteiger partial charge in [0.05, 0.1) is 12.1 Å². The second-order valence-electron chi connectivity index (χ2n) is 7.07. The molecule has 0 saturated carbocycles. The highest BCUT2D eigenvalue weighted by Crippen LogP contribution is 2.33. The maximum atomic E-state index is 12.4. The number of anilines is 1. The largest absolute Gasteiger partial charge is 0.479 e. The van der Waals surface area contributed by atoms with E-state index in [4.69, 9.17) is 9.47 Å². The molecule has 0 aliphatic carbocycles. The molecule has 3 rings (SSSR count). The van der Waals surface area contributed by atoms with Gasteiger partial charge in [-0.3, -0.25) is 14.4 Å². The third kappa shape index (κ3) is 5.83. The van der Waals surface area contributed by atoms with E-state index >= 15 is 0 Å². The maximum absolute atomic E-state index is 12.4. The highest BCUT2D eigenvalue weighted by atomic mass is 16.5. The Morgan fingerprint density at radius 1 is 1.10 bits per heavy atom. The standard InChI is InChI=1S/C23H26N2O5/c1-17-23(28)25(19-11-5-6-12-20(19)30-17)15-13-22(27)29-16-21(26)24-14-7-10-18-8-3-2-4-9-18/h2-6,8-9,11-12,17H,7,10,13-16H2,1H3,(H,24,26). The summed E-state index contributed by atoms with van der Waals surface area (Å²) < 4.78 is 10.6. The fraction of sp³-hybridized carbons (Fsp3) is 0.348. The molecule has 7 heteroatoms. The Morgan fingerprint density at radius 3 is 2.63 bits per heavy atom. The minimum atomic E-state index is -0.613. The summed E-state index contributed by atoms with van der Waals surface area (Å²) in [6.07, 6.45) is 1.06. The summed E-state index contributed by atoms with van der Waals surface area (Å²) in [5, 5.41) is 2.74. The molecule has 7 nitrogen and oxygen atoms in total. The van der Waals surface area contributed by atoms with Crippen molar-refractivity contribution in [2.45, 2.75) is 32.3 Å². The zero-order valence-corrected chi connectivity index (χ0v) is 17.0. The predicted molar refractivity (Wildman–Crippen MR) is 112 cm³/mol. The number of aryl methyl sites for hydroxylation is 1. The van der Waals surface area contributed by atoms with Gasteiger partial charge in [0.1, 0.15) is 5.75 Å². The smallest absolute Gasteiger partial charge is 0.308 e. The van der Waals surface area contributed by atoms with E-state index in [2.05, 4.69) is 5.32 Å². The molecule has 30 heavy (non-hydrogen) atoms. The molecule has 0 aromatic heterocycles. The van der Waals surface area contributed by atoms with Crippen LogP contribution in [-0.4, -0.2) is 43.6 Å². The molecule has 0 spiro atoms. The number of ether oxygens (including phenoxy) is 2. The predicted octanol–water partition coefficient (Wildman–Crippen LogP) is 2.48. The van der Waals surface area contributed by atoms with E-state index in [1.54, 1.807) is 25.1 Å². The number of nitrogens with one attached hydrogen (secondary N) is 1. The van der Waals surface area contributed by atoms with Crippen molar-refractivity contribution in [3.63, 3.8) is 0 Å². The lowest BCUT2D eigenvalue weighted by Gasteiger charge is -2.32. The maximum Gasteiger partial charge on any atom is 0.308 e. The molecule has 158 valence electrons. The van der Waals surface area contributed by atoms with Crippen molar-refractivity contribution in [2.24, 2.45) is 0 Å². The second-order valence-corrected chi connectivity index (χ2v) is 7.07. The van der Waals surface area contributed by atoms with Gasteiger partial charge in [0, 0.05) is 13.1 Å². The third-order valence-electron chi connectivity index (χ3n) is 4.78. The Morgan fingerprint density at radius 2 is 1.83 bits per heavy atom. The van der Waals surface area contributed by atoms with E-state index in [0.717, 1.165) is 12.8 Å². The van der Waals surface area contributed by atoms with E-state index < -0.39 is 12.1 Å². The van der Waals surface area contributed by atoms with Gasteiger partial charge in [0.25, 0.3) is 11.8 Å². The lowest BCUT2D eigenvalue weighted by Crippen LogP contribution is -2.45. The molecular weight excluding hydrogens is 384 g/mol. The highest BCUT2D eigenvalue weighted by Gasteiger charge is 2.31. The fourth-order valence-corrected chi connectivity index (χ4v) is 3.23. The highest BCUT2D eigenvalue weighted by molar-refractivity contribution is 6.00. The van der Waals surface area contributed by atoms with E-state index in [1.165, 1.54) is 10.5 Å². The van der Waals surface area contributed by atoms with Crippen LogP contribution < -0.4 is 15.0 Å². The van der Waals surface area contributed by atoms with Crippen LogP contribution in [0.15, 0.2) is 54.6 Å². The molecule has 1 atom stereocenters. The van der Waals surface area contributed by atoms with Crippen LogP contribution in [0.25, 0.3) is 0 Å². The van der Waals surface area contributed by atoms with Crippen molar-refractivity contribution in [3.8, 4) is 5.75 Å². The van der Waals surface area contributed by atoms with Crippen LogP contribution >= 0.6 is 0 Å². The number of para-hydroxylation sites is 2. The van der Waals surface area contributed by atoms with Gasteiger partial charge in [-0.2, -0.15) is 0 Å². The SMILES string of the molecule is CC1Oc2ccccc2N(CCC(=O)OCC(=O)NCCCc2ccccc2)C1=O. The van der Waals surface area contributed by atoms with Crippen molar-refractivity contribution in [3.05, 3.63) is 60.2 Å². The van der Waals surface area contributed by atoms with Crippen LogP contribution in [0.3, 0.4) is 0 Å². The molecule has 1 aliphatic rings. The monoisotopic (exact) mass is 410 g/mol. The molecule has 1 unspecified atom stereocenters. The van der Waals surface area contributed by atoms with Crippen molar-refractivity contribution >= 4 is 23.5 Å². The van der Waals surface area contributed by atoms with Crippen LogP contribution in [0.4, 0.5) is 5.69 Å². The van der Waals surface area contributed by atoms with Crippen LogP contribution in [0.2, 0.25) is 0 Å². The topological polar surface area (TPSA) is 84.9 Å². The third-order valence-corrected chi connectivity index (χ3v) is 4.78. The molecule has 0 fully saturated rings. The van der Waals surface area contributed by atoms with Gasteiger partial charge in [-0.05, 0) is 37.5 Å². The summed E-state index contributed by atoms with van der Waals surface area (Å²) in [4.78, 5) is 37.8. The molecule has 2 amide bonds. The minimum Gasteiger partial charge on any atom is -0.479 e. The van der Waals surface area contributed by atoms with Gasteiger partial charge in [-0.1, -0.05) is 42.5 Å². The van der Waals surface area contributed by atoms with Crippen LogP contribution in [0.5, 0.6) is 5.75 Å². The number of hydrogen-bond acceptors (Lipinski definition) is 5. The summed E-state index contributed by atoms with van der Waals surface area (Å²) in [5.74, 6) is -0.470. The van der Waals surface area contributed by atoms with Gasteiger partial charge in [0.15, 0.2) is 12.7 Å². The van der Waals surface area contributed by atoms with Crippen molar-refractivity contribution < 1.29 is 23.9 Å². The molecule has 1 heterocycles. The zero-order chi connectivity index (χ0) is 21.3. The van der Waals surface area contributed by atoms with Gasteiger partial charge in [-0.15, -0.1) is 0 Å². The second kappa shape index (κ2) is 10.4. The summed E-state index contributed by atoms with van der Waals surface area (Å²) in [6, 6.07) is 17.2. The minimum absolute atomic E-state index is 0.00587. The normalized spacial score (nSPS) is 15.2. The van der Waals surface area contributed by atoms with Crippen molar-refractivity contribution in [1.29, 1.82) is 0 Å². The van der Waals surface area contributed by atoms with Crippen molar-refractivity contribution in [2.75, 3.05) is 24.6 Å². The first kappa shape index (κ1) is 21.4. The van der Waals surface area contributed by atoms with E-state index in [0.29, 0.717) is 18.0 Å². The Labute approximate surface area is 176 Å². The van der Waals surface area contributed by atoms with Crippen molar-refractivity contribution in [1.82, 2.24) is 5.32 Å². The first-order valence-corrected chi connectivity index (χ1v) is 10.1. The number of carbonyl (C=O) groups is 3. The first-order valence-electron chi connectivity index (χ1n) is 10.1. The number of hydrogen-bond donors (Lipinski definition) is 1. The molecule has 2 aromatic rings. The number of fused-ring (bicyclic) bond motifs is 1. The van der Waals surface area contributed by atoms with E-state index in [-0.39, 0.29) is 31.4 Å². The number of carbonyl (C=O) groups excluding carboxylic acids is 3. The van der Waals surface area contributed by atoms with Crippen LogP contribution in [-0.2, 0) is 25.5 Å². The zero-order valence-electron chi connectivity index (χ0n) is 17.0. The molecule has 1 aliphatic heterocycles. The fourth-order valence-electron chi connectivity index (χ4n) is 3.23. The first-order chi connectivity index (χ1) is 14.5. The van der Waals surface area contributed by atoms with Crippen LogP contribution in [0.1, 0.15) is 25.3 Å². The quantitative estimate of drug-likeness (QED) is 0.507. The number of benzene rings is 2. The number of amides is 2. The summed E-state index contributed by atoms with van der Waals surface area (Å²) >= 11 is 0. The van der Waals surface area contributed by atoms with Crippen LogP contribution in [0, 0.1) is 0 Å². The van der Waals surface area contributed by atoms with Gasteiger partial charge < -0.3 is 19.7 Å². The summed E-state index contributed by atoms with van der Waals surface area (Å²) in [6.45, 7) is 2.03. The van der Waals surface area contributed by atoms with Gasteiger partial charge in [0.2, 0.25) is 0 Å². The average Bonchev–Trinajstić information content (AvgIpc) is 2.76. The van der Waals surface area contributed by atoms with E-state index in [1.807, 2.05) is 36.4 Å². The number of rotatable bonds is 9. The molecule has 0 radical (unpaired) electrons. The van der Waals surface area contributed by atoms with Gasteiger partial charge >= 0.3 is 5.97 Å². The summed E-state index contributed by atoms with van der Waals surface area (Å²) in [7, 11) is 0. The lowest BCUT2D eigenvalue weighted by atomic mass is 10.1. The Balaban J connectivity index is 1.36. The molecule has 2 aromatic carbocycles. The Kier molecular flexibility index (Phi) is 7.43. The Hall–Kier alpha value is -3.35. The molecule has 1 N–H and O–H groups in total. The molecule has 0 saturated heterocycles. The number of esters is 1. The number of nitrogens with zero attached hydrogens (tertiary/aromatic N) is 1. The molecular formula is C23H26N2O5.